The zero-order valence-electron chi connectivity index (χ0n) is 11.0. The van der Waals surface area contributed by atoms with E-state index in [-0.39, 0.29) is 23.5 Å². The van der Waals surface area contributed by atoms with Crippen molar-refractivity contribution in [3.8, 4) is 5.75 Å². The number of nitrogens with one attached hydrogen (secondary N) is 2. The molecule has 2 unspecified atom stereocenters. The van der Waals surface area contributed by atoms with Gasteiger partial charge < -0.3 is 15.0 Å². The summed E-state index contributed by atoms with van der Waals surface area (Å²) in [6, 6.07) is 7.83. The molecule has 1 aliphatic heterocycles. The molecule has 2 atom stereocenters. The predicted molar refractivity (Wildman–Crippen MR) is 73.2 cm³/mol. The first-order valence-electron chi connectivity index (χ1n) is 6.50. The summed E-state index contributed by atoms with van der Waals surface area (Å²) in [4.78, 5) is 13.9. The maximum Gasteiger partial charge on any atom is 0.248 e. The molecule has 5 heteroatoms. The molecule has 0 radical (unpaired) electrons. The number of fused-ring (bicyclic) bond motifs is 1. The van der Waals surface area contributed by atoms with Gasteiger partial charge in [-0.3, -0.25) is 4.79 Å². The number of benzene rings is 1. The Morgan fingerprint density at radius 2 is 2.25 bits per heavy atom. The first-order chi connectivity index (χ1) is 9.63. The van der Waals surface area contributed by atoms with Crippen LogP contribution in [0.2, 0.25) is 0 Å². The van der Waals surface area contributed by atoms with Crippen molar-refractivity contribution in [1.29, 1.82) is 0 Å². The van der Waals surface area contributed by atoms with Crippen LogP contribution >= 0.6 is 0 Å². The van der Waals surface area contributed by atoms with Gasteiger partial charge in [0.15, 0.2) is 0 Å². The van der Waals surface area contributed by atoms with Crippen LogP contribution in [0.5, 0.6) is 5.75 Å². The van der Waals surface area contributed by atoms with E-state index in [0.29, 0.717) is 12.4 Å². The van der Waals surface area contributed by atoms with Crippen molar-refractivity contribution in [3.63, 3.8) is 0 Å². The first kappa shape index (κ1) is 12.9. The van der Waals surface area contributed by atoms with Crippen molar-refractivity contribution >= 4 is 0 Å². The van der Waals surface area contributed by atoms with Crippen molar-refractivity contribution in [1.82, 2.24) is 10.3 Å². The molecule has 0 amide bonds. The van der Waals surface area contributed by atoms with Gasteiger partial charge in [0, 0.05) is 23.9 Å². The normalized spacial score (nSPS) is 18.4. The van der Waals surface area contributed by atoms with Crippen molar-refractivity contribution < 1.29 is 9.13 Å². The molecule has 1 aliphatic rings. The molecule has 4 nitrogen and oxygen atoms in total. The second-order valence-corrected chi connectivity index (χ2v) is 4.92. The minimum Gasteiger partial charge on any atom is -0.491 e. The standard InChI is InChI=1S/C15H15FN2O2/c1-9(10-4-5-17-15(19)6-10)18-13-8-20-14-3-2-11(16)7-12(13)14/h2-7,9,13,18H,8H2,1H3,(H,17,19). The summed E-state index contributed by atoms with van der Waals surface area (Å²) in [6.45, 7) is 2.43. The number of hydrogen-bond acceptors (Lipinski definition) is 3. The van der Waals surface area contributed by atoms with Gasteiger partial charge in [0.05, 0.1) is 6.04 Å². The molecule has 1 aromatic heterocycles. The fourth-order valence-electron chi connectivity index (χ4n) is 2.45. The van der Waals surface area contributed by atoms with Gasteiger partial charge in [-0.2, -0.15) is 0 Å². The molecule has 104 valence electrons. The van der Waals surface area contributed by atoms with Crippen LogP contribution in [0.15, 0.2) is 41.3 Å². The number of aromatic amines is 1. The number of ether oxygens (including phenoxy) is 1. The number of H-pyrrole nitrogens is 1. The quantitative estimate of drug-likeness (QED) is 0.903. The van der Waals surface area contributed by atoms with Gasteiger partial charge in [-0.25, -0.2) is 4.39 Å². The number of aromatic nitrogens is 1. The SMILES string of the molecule is CC(NC1COc2ccc(F)cc21)c1cc[nH]c(=O)c1. The number of rotatable bonds is 3. The Balaban J connectivity index is 1.80. The van der Waals surface area contributed by atoms with Gasteiger partial charge in [-0.1, -0.05) is 0 Å². The molecule has 1 aromatic carbocycles. The van der Waals surface area contributed by atoms with E-state index in [0.717, 1.165) is 11.1 Å². The Kier molecular flexibility index (Phi) is 3.28. The fraction of sp³-hybridized carbons (Fsp3) is 0.267. The van der Waals surface area contributed by atoms with E-state index in [1.165, 1.54) is 12.1 Å². The maximum atomic E-state index is 13.3. The van der Waals surface area contributed by atoms with Crippen LogP contribution in [0, 0.1) is 5.82 Å². The molecule has 2 aromatic rings. The summed E-state index contributed by atoms with van der Waals surface area (Å²) in [5.41, 5.74) is 1.57. The second kappa shape index (κ2) is 5.09. The molecule has 2 N–H and O–H groups in total. The third-order valence-corrected chi connectivity index (χ3v) is 3.50. The van der Waals surface area contributed by atoms with Gasteiger partial charge >= 0.3 is 0 Å². The summed E-state index contributed by atoms with van der Waals surface area (Å²) < 4.78 is 18.8. The Hall–Kier alpha value is -2.14. The van der Waals surface area contributed by atoms with Crippen molar-refractivity contribution in [3.05, 3.63) is 63.8 Å². The molecule has 0 spiro atoms. The van der Waals surface area contributed by atoms with Crippen LogP contribution in [-0.4, -0.2) is 11.6 Å². The molecular weight excluding hydrogens is 259 g/mol. The van der Waals surface area contributed by atoms with Crippen LogP contribution in [0.1, 0.15) is 30.1 Å². The van der Waals surface area contributed by atoms with Crippen LogP contribution in [0.25, 0.3) is 0 Å². The zero-order chi connectivity index (χ0) is 14.1. The topological polar surface area (TPSA) is 54.1 Å². The number of pyridine rings is 1. The number of hydrogen-bond donors (Lipinski definition) is 2. The van der Waals surface area contributed by atoms with Crippen LogP contribution in [0.4, 0.5) is 4.39 Å². The van der Waals surface area contributed by atoms with E-state index in [9.17, 15) is 9.18 Å². The van der Waals surface area contributed by atoms with E-state index < -0.39 is 0 Å². The lowest BCUT2D eigenvalue weighted by Crippen LogP contribution is -2.26. The van der Waals surface area contributed by atoms with Crippen molar-refractivity contribution in [2.75, 3.05) is 6.61 Å². The van der Waals surface area contributed by atoms with E-state index in [1.54, 1.807) is 18.3 Å². The van der Waals surface area contributed by atoms with Gasteiger partial charge in [0.25, 0.3) is 0 Å². The molecular formula is C15H15FN2O2. The maximum absolute atomic E-state index is 13.3. The van der Waals surface area contributed by atoms with Crippen LogP contribution in [0.3, 0.4) is 0 Å². The van der Waals surface area contributed by atoms with Gasteiger partial charge in [-0.15, -0.1) is 0 Å². The van der Waals surface area contributed by atoms with Gasteiger partial charge in [0.1, 0.15) is 18.2 Å². The molecule has 0 aliphatic carbocycles. The molecule has 3 rings (SSSR count). The zero-order valence-corrected chi connectivity index (χ0v) is 11.0. The number of halogens is 1. The lowest BCUT2D eigenvalue weighted by atomic mass is 10.0. The summed E-state index contributed by atoms with van der Waals surface area (Å²) >= 11 is 0. The van der Waals surface area contributed by atoms with Crippen molar-refractivity contribution in [2.45, 2.75) is 19.0 Å². The highest BCUT2D eigenvalue weighted by atomic mass is 19.1. The minimum absolute atomic E-state index is 0.0277. The second-order valence-electron chi connectivity index (χ2n) is 4.92. The minimum atomic E-state index is -0.273. The third-order valence-electron chi connectivity index (χ3n) is 3.50. The predicted octanol–water partition coefficient (Wildman–Crippen LogP) is 2.30. The highest BCUT2D eigenvalue weighted by molar-refractivity contribution is 5.40. The summed E-state index contributed by atoms with van der Waals surface area (Å²) in [7, 11) is 0. The van der Waals surface area contributed by atoms with Crippen molar-refractivity contribution in [2.24, 2.45) is 0 Å². The van der Waals surface area contributed by atoms with E-state index in [1.807, 2.05) is 13.0 Å². The highest BCUT2D eigenvalue weighted by Crippen LogP contribution is 2.34. The fourth-order valence-corrected chi connectivity index (χ4v) is 2.45. The van der Waals surface area contributed by atoms with Crippen LogP contribution < -0.4 is 15.6 Å². The lowest BCUT2D eigenvalue weighted by Gasteiger charge is -2.18. The highest BCUT2D eigenvalue weighted by Gasteiger charge is 2.26. The average molecular weight is 274 g/mol. The van der Waals surface area contributed by atoms with Gasteiger partial charge in [0.2, 0.25) is 5.56 Å². The van der Waals surface area contributed by atoms with E-state index >= 15 is 0 Å². The largest absolute Gasteiger partial charge is 0.491 e. The first-order valence-corrected chi connectivity index (χ1v) is 6.50. The molecule has 0 bridgehead atoms. The summed E-state index contributed by atoms with van der Waals surface area (Å²) in [5.74, 6) is 0.437. The third kappa shape index (κ3) is 2.44. The average Bonchev–Trinajstić information content (AvgIpc) is 2.81. The Labute approximate surface area is 115 Å². The Morgan fingerprint density at radius 1 is 1.40 bits per heavy atom. The molecule has 0 saturated carbocycles. The molecule has 0 saturated heterocycles. The summed E-state index contributed by atoms with van der Waals surface area (Å²) in [6.07, 6.45) is 1.62. The monoisotopic (exact) mass is 274 g/mol. The smallest absolute Gasteiger partial charge is 0.248 e. The van der Waals surface area contributed by atoms with Gasteiger partial charge in [-0.05, 0) is 36.8 Å². The summed E-state index contributed by atoms with van der Waals surface area (Å²) in [5, 5.41) is 3.36. The van der Waals surface area contributed by atoms with E-state index in [4.69, 9.17) is 4.74 Å². The van der Waals surface area contributed by atoms with E-state index in [2.05, 4.69) is 10.3 Å². The Morgan fingerprint density at radius 3 is 3.05 bits per heavy atom. The molecule has 20 heavy (non-hydrogen) atoms. The van der Waals surface area contributed by atoms with Crippen LogP contribution in [-0.2, 0) is 0 Å². The molecule has 2 heterocycles. The molecule has 0 fully saturated rings. The lowest BCUT2D eigenvalue weighted by molar-refractivity contribution is 0.301. The Bertz CT molecular complexity index is 684.